The first-order valence-corrected chi connectivity index (χ1v) is 6.28. The minimum Gasteiger partial charge on any atom is -0.266 e. The van der Waals surface area contributed by atoms with E-state index in [4.69, 9.17) is 0 Å². The van der Waals surface area contributed by atoms with E-state index < -0.39 is 0 Å². The Morgan fingerprint density at radius 1 is 1.18 bits per heavy atom. The topological polar surface area (TPSA) is 17.8 Å². The Hall–Kier alpha value is -1.57. The highest BCUT2D eigenvalue weighted by Gasteiger charge is 2.16. The zero-order valence-electron chi connectivity index (χ0n) is 11.1. The maximum Gasteiger partial charge on any atom is 0.0675 e. The number of hydrogen-bond donors (Lipinski definition) is 0. The van der Waals surface area contributed by atoms with Crippen molar-refractivity contribution in [3.8, 4) is 11.1 Å². The van der Waals surface area contributed by atoms with E-state index in [-0.39, 0.29) is 0 Å². The normalized spacial score (nSPS) is 11.1. The summed E-state index contributed by atoms with van der Waals surface area (Å²) in [6.45, 7) is 8.66. The van der Waals surface area contributed by atoms with Gasteiger partial charge < -0.3 is 0 Å². The van der Waals surface area contributed by atoms with Crippen LogP contribution in [0.5, 0.6) is 0 Å². The van der Waals surface area contributed by atoms with Crippen molar-refractivity contribution in [3.63, 3.8) is 0 Å². The molecule has 0 aliphatic heterocycles. The summed E-state index contributed by atoms with van der Waals surface area (Å²) >= 11 is 0. The van der Waals surface area contributed by atoms with Crippen molar-refractivity contribution in [2.24, 2.45) is 0 Å². The summed E-state index contributed by atoms with van der Waals surface area (Å²) in [7, 11) is 0. The van der Waals surface area contributed by atoms with Gasteiger partial charge >= 0.3 is 0 Å². The molecule has 0 unspecified atom stereocenters. The van der Waals surface area contributed by atoms with Crippen LogP contribution < -0.4 is 0 Å². The standard InChI is InChI=1S/C15H20N2/c1-5-14-15(13-9-7-6-8-10-13)12(4)16-17(14)11(2)3/h6-11H,5H2,1-4H3. The van der Waals surface area contributed by atoms with Crippen molar-refractivity contribution >= 4 is 0 Å². The molecule has 0 spiro atoms. The monoisotopic (exact) mass is 228 g/mol. The van der Waals surface area contributed by atoms with E-state index in [1.807, 2.05) is 0 Å². The molecule has 17 heavy (non-hydrogen) atoms. The predicted octanol–water partition coefficient (Wildman–Crippen LogP) is 4.00. The van der Waals surface area contributed by atoms with E-state index in [0.717, 1.165) is 12.1 Å². The van der Waals surface area contributed by atoms with Gasteiger partial charge in [0.2, 0.25) is 0 Å². The van der Waals surface area contributed by atoms with Crippen molar-refractivity contribution in [2.75, 3.05) is 0 Å². The lowest BCUT2D eigenvalue weighted by atomic mass is 10.0. The lowest BCUT2D eigenvalue weighted by molar-refractivity contribution is 0.509. The van der Waals surface area contributed by atoms with Crippen LogP contribution in [0.15, 0.2) is 30.3 Å². The molecule has 2 heteroatoms. The number of rotatable bonds is 3. The average Bonchev–Trinajstić information content (AvgIpc) is 2.67. The fraction of sp³-hybridized carbons (Fsp3) is 0.400. The summed E-state index contributed by atoms with van der Waals surface area (Å²) in [5, 5.41) is 4.67. The van der Waals surface area contributed by atoms with Gasteiger partial charge in [-0.1, -0.05) is 37.3 Å². The second-order valence-electron chi connectivity index (χ2n) is 4.67. The summed E-state index contributed by atoms with van der Waals surface area (Å²) in [6.07, 6.45) is 1.02. The van der Waals surface area contributed by atoms with Crippen molar-refractivity contribution in [1.29, 1.82) is 0 Å². The van der Waals surface area contributed by atoms with E-state index in [1.54, 1.807) is 0 Å². The Morgan fingerprint density at radius 3 is 2.35 bits per heavy atom. The summed E-state index contributed by atoms with van der Waals surface area (Å²) in [5.41, 5.74) is 5.04. The van der Waals surface area contributed by atoms with Gasteiger partial charge in [0.25, 0.3) is 0 Å². The molecule has 2 rings (SSSR count). The van der Waals surface area contributed by atoms with Crippen molar-refractivity contribution in [3.05, 3.63) is 41.7 Å². The van der Waals surface area contributed by atoms with Crippen LogP contribution in [-0.4, -0.2) is 9.78 Å². The second-order valence-corrected chi connectivity index (χ2v) is 4.67. The summed E-state index contributed by atoms with van der Waals surface area (Å²) in [4.78, 5) is 0. The maximum absolute atomic E-state index is 4.67. The zero-order chi connectivity index (χ0) is 12.4. The SMILES string of the molecule is CCc1c(-c2ccccc2)c(C)nn1C(C)C. The van der Waals surface area contributed by atoms with Crippen LogP contribution in [0.2, 0.25) is 0 Å². The molecule has 2 nitrogen and oxygen atoms in total. The van der Waals surface area contributed by atoms with Crippen LogP contribution in [0.25, 0.3) is 11.1 Å². The molecule has 1 heterocycles. The lowest BCUT2D eigenvalue weighted by Crippen LogP contribution is -2.07. The van der Waals surface area contributed by atoms with E-state index in [1.165, 1.54) is 16.8 Å². The molecule has 1 aromatic carbocycles. The van der Waals surface area contributed by atoms with Crippen molar-refractivity contribution in [2.45, 2.75) is 40.2 Å². The number of aryl methyl sites for hydroxylation is 1. The summed E-state index contributed by atoms with van der Waals surface area (Å²) in [6, 6.07) is 11.0. The van der Waals surface area contributed by atoms with Gasteiger partial charge in [0, 0.05) is 17.3 Å². The number of nitrogens with zero attached hydrogens (tertiary/aromatic N) is 2. The molecule has 0 N–H and O–H groups in total. The molecule has 0 aliphatic carbocycles. The molecule has 90 valence electrons. The molecular weight excluding hydrogens is 208 g/mol. The Balaban J connectivity index is 2.62. The van der Waals surface area contributed by atoms with Gasteiger partial charge in [-0.25, -0.2) is 0 Å². The number of aromatic nitrogens is 2. The van der Waals surface area contributed by atoms with E-state index in [0.29, 0.717) is 6.04 Å². The molecule has 0 atom stereocenters. The summed E-state index contributed by atoms with van der Waals surface area (Å²) in [5.74, 6) is 0. The third-order valence-electron chi connectivity index (χ3n) is 3.07. The molecule has 2 aromatic rings. The highest BCUT2D eigenvalue weighted by atomic mass is 15.3. The van der Waals surface area contributed by atoms with Crippen LogP contribution in [0, 0.1) is 6.92 Å². The van der Waals surface area contributed by atoms with Gasteiger partial charge in [-0.15, -0.1) is 0 Å². The Morgan fingerprint density at radius 2 is 1.82 bits per heavy atom. The Labute approximate surface area is 103 Å². The van der Waals surface area contributed by atoms with Gasteiger partial charge in [0.15, 0.2) is 0 Å². The van der Waals surface area contributed by atoms with Gasteiger partial charge in [-0.05, 0) is 32.8 Å². The smallest absolute Gasteiger partial charge is 0.0675 e. The first kappa shape index (κ1) is 11.9. The van der Waals surface area contributed by atoms with Gasteiger partial charge in [-0.3, -0.25) is 4.68 Å². The summed E-state index contributed by atoms with van der Waals surface area (Å²) < 4.78 is 2.15. The largest absolute Gasteiger partial charge is 0.266 e. The number of benzene rings is 1. The van der Waals surface area contributed by atoms with Gasteiger partial charge in [0.05, 0.1) is 5.69 Å². The molecule has 1 aromatic heterocycles. The number of hydrogen-bond acceptors (Lipinski definition) is 1. The van der Waals surface area contributed by atoms with Gasteiger partial charge in [0.1, 0.15) is 0 Å². The molecule has 0 aliphatic rings. The van der Waals surface area contributed by atoms with Crippen LogP contribution in [-0.2, 0) is 6.42 Å². The highest BCUT2D eigenvalue weighted by Crippen LogP contribution is 2.29. The molecule has 0 bridgehead atoms. The van der Waals surface area contributed by atoms with Crippen molar-refractivity contribution in [1.82, 2.24) is 9.78 Å². The van der Waals surface area contributed by atoms with E-state index in [9.17, 15) is 0 Å². The fourth-order valence-corrected chi connectivity index (χ4v) is 2.34. The first-order valence-electron chi connectivity index (χ1n) is 6.28. The molecule has 0 fully saturated rings. The predicted molar refractivity (Wildman–Crippen MR) is 72.2 cm³/mol. The molecule has 0 saturated heterocycles. The third kappa shape index (κ3) is 2.12. The zero-order valence-corrected chi connectivity index (χ0v) is 11.1. The van der Waals surface area contributed by atoms with Crippen LogP contribution in [0.1, 0.15) is 38.2 Å². The van der Waals surface area contributed by atoms with Crippen LogP contribution in [0.3, 0.4) is 0 Å². The van der Waals surface area contributed by atoms with E-state index in [2.05, 4.69) is 67.8 Å². The minimum absolute atomic E-state index is 0.418. The average molecular weight is 228 g/mol. The second kappa shape index (κ2) is 4.74. The van der Waals surface area contributed by atoms with Crippen LogP contribution in [0.4, 0.5) is 0 Å². The highest BCUT2D eigenvalue weighted by molar-refractivity contribution is 5.68. The Kier molecular flexibility index (Phi) is 3.32. The maximum atomic E-state index is 4.67. The molecule has 0 amide bonds. The third-order valence-corrected chi connectivity index (χ3v) is 3.07. The van der Waals surface area contributed by atoms with Crippen molar-refractivity contribution < 1.29 is 0 Å². The Bertz CT molecular complexity index is 495. The quantitative estimate of drug-likeness (QED) is 0.776. The molecular formula is C15H20N2. The minimum atomic E-state index is 0.418. The van der Waals surface area contributed by atoms with E-state index >= 15 is 0 Å². The first-order chi connectivity index (χ1) is 8.15. The molecule has 0 saturated carbocycles. The molecule has 0 radical (unpaired) electrons. The van der Waals surface area contributed by atoms with Crippen LogP contribution >= 0.6 is 0 Å². The fourth-order valence-electron chi connectivity index (χ4n) is 2.34. The van der Waals surface area contributed by atoms with Gasteiger partial charge in [-0.2, -0.15) is 5.10 Å². The lowest BCUT2D eigenvalue weighted by Gasteiger charge is -2.11.